The first kappa shape index (κ1) is 21.4. The summed E-state index contributed by atoms with van der Waals surface area (Å²) in [4.78, 5) is 29.9. The van der Waals surface area contributed by atoms with Crippen molar-refractivity contribution in [1.82, 2.24) is 9.80 Å². The van der Waals surface area contributed by atoms with Gasteiger partial charge in [-0.1, -0.05) is 32.9 Å². The lowest BCUT2D eigenvalue weighted by Gasteiger charge is -2.37. The molecule has 2 heterocycles. The molecule has 3 rings (SSSR count). The smallest absolute Gasteiger partial charge is 0.277 e. The van der Waals surface area contributed by atoms with Gasteiger partial charge >= 0.3 is 0 Å². The second kappa shape index (κ2) is 9.44. The van der Waals surface area contributed by atoms with Crippen LogP contribution in [0.15, 0.2) is 30.0 Å². The Labute approximate surface area is 173 Å². The maximum Gasteiger partial charge on any atom is 0.277 e. The lowest BCUT2D eigenvalue weighted by atomic mass is 9.91. The molecule has 158 valence electrons. The maximum atomic E-state index is 13.3. The highest BCUT2D eigenvalue weighted by atomic mass is 16.5. The fourth-order valence-corrected chi connectivity index (χ4v) is 4.29. The Hall–Kier alpha value is -2.34. The van der Waals surface area contributed by atoms with E-state index in [1.807, 2.05) is 24.3 Å². The highest BCUT2D eigenvalue weighted by Gasteiger charge is 2.42. The number of benzene rings is 1. The molecule has 2 aliphatic heterocycles. The van der Waals surface area contributed by atoms with Gasteiger partial charge < -0.3 is 14.4 Å². The van der Waals surface area contributed by atoms with E-state index in [1.165, 1.54) is 4.90 Å². The molecule has 0 aliphatic carbocycles. The SMILES string of the molecule is CCCOc1ccc(C2=C(N3CC(C)CC(C)C3)C(=O)N(CCOC)C2=O)cc1. The standard InChI is InChI=1S/C23H32N2O4/c1-5-11-29-19-8-6-18(7-9-19)20-21(24-14-16(2)13-17(3)15-24)23(27)25(22(20)26)10-12-28-4/h6-9,16-17H,5,10-15H2,1-4H3. The predicted molar refractivity (Wildman–Crippen MR) is 112 cm³/mol. The van der Waals surface area contributed by atoms with Crippen molar-refractivity contribution in [3.05, 3.63) is 35.5 Å². The lowest BCUT2D eigenvalue weighted by Crippen LogP contribution is -2.42. The number of methoxy groups -OCH3 is 1. The summed E-state index contributed by atoms with van der Waals surface area (Å²) >= 11 is 0. The molecule has 1 fully saturated rings. The zero-order chi connectivity index (χ0) is 21.0. The number of imide groups is 1. The molecule has 6 heteroatoms. The van der Waals surface area contributed by atoms with Crippen molar-refractivity contribution in [2.75, 3.05) is 40.0 Å². The van der Waals surface area contributed by atoms with Crippen LogP contribution in [-0.2, 0) is 14.3 Å². The van der Waals surface area contributed by atoms with E-state index in [0.29, 0.717) is 36.3 Å². The Bertz CT molecular complexity index is 762. The van der Waals surface area contributed by atoms with Gasteiger partial charge in [0, 0.05) is 20.2 Å². The number of likely N-dealkylation sites (tertiary alicyclic amines) is 1. The van der Waals surface area contributed by atoms with Crippen LogP contribution in [-0.4, -0.2) is 61.6 Å². The summed E-state index contributed by atoms with van der Waals surface area (Å²) in [6, 6.07) is 7.49. The van der Waals surface area contributed by atoms with Gasteiger partial charge in [0.05, 0.1) is 25.3 Å². The van der Waals surface area contributed by atoms with Crippen LogP contribution in [0.5, 0.6) is 5.75 Å². The molecule has 29 heavy (non-hydrogen) atoms. The number of hydrogen-bond donors (Lipinski definition) is 0. The fraction of sp³-hybridized carbons (Fsp3) is 0.565. The van der Waals surface area contributed by atoms with Crippen LogP contribution in [0.2, 0.25) is 0 Å². The Morgan fingerprint density at radius 2 is 1.66 bits per heavy atom. The normalized spacial score (nSPS) is 22.6. The molecule has 0 aromatic heterocycles. The van der Waals surface area contributed by atoms with Crippen LogP contribution in [0.4, 0.5) is 0 Å². The zero-order valence-electron chi connectivity index (χ0n) is 17.9. The zero-order valence-corrected chi connectivity index (χ0v) is 17.9. The monoisotopic (exact) mass is 400 g/mol. The second-order valence-electron chi connectivity index (χ2n) is 8.20. The topological polar surface area (TPSA) is 59.1 Å². The molecule has 0 N–H and O–H groups in total. The van der Waals surface area contributed by atoms with Gasteiger partial charge in [-0.25, -0.2) is 0 Å². The van der Waals surface area contributed by atoms with E-state index in [-0.39, 0.29) is 18.4 Å². The van der Waals surface area contributed by atoms with E-state index in [0.717, 1.165) is 37.2 Å². The molecule has 1 saturated heterocycles. The van der Waals surface area contributed by atoms with Crippen molar-refractivity contribution in [3.8, 4) is 5.75 Å². The molecule has 2 amide bonds. The molecular formula is C23H32N2O4. The third-order valence-corrected chi connectivity index (χ3v) is 5.46. The van der Waals surface area contributed by atoms with Gasteiger partial charge in [0.25, 0.3) is 11.8 Å². The summed E-state index contributed by atoms with van der Waals surface area (Å²) in [6.07, 6.45) is 2.07. The molecule has 0 bridgehead atoms. The molecule has 1 aromatic carbocycles. The first-order chi connectivity index (χ1) is 14.0. The van der Waals surface area contributed by atoms with Crippen LogP contribution in [0.25, 0.3) is 5.57 Å². The summed E-state index contributed by atoms with van der Waals surface area (Å²) in [7, 11) is 1.57. The van der Waals surface area contributed by atoms with Crippen LogP contribution >= 0.6 is 0 Å². The minimum atomic E-state index is -0.241. The highest BCUT2D eigenvalue weighted by molar-refractivity contribution is 6.35. The number of piperidine rings is 1. The van der Waals surface area contributed by atoms with Gasteiger partial charge in [0.15, 0.2) is 0 Å². The molecule has 1 aromatic rings. The third-order valence-electron chi connectivity index (χ3n) is 5.46. The van der Waals surface area contributed by atoms with Gasteiger partial charge in [-0.2, -0.15) is 0 Å². The van der Waals surface area contributed by atoms with Crippen LogP contribution < -0.4 is 4.74 Å². The largest absolute Gasteiger partial charge is 0.494 e. The Balaban J connectivity index is 1.97. The van der Waals surface area contributed by atoms with Crippen molar-refractivity contribution in [2.24, 2.45) is 11.8 Å². The average molecular weight is 401 g/mol. The Morgan fingerprint density at radius 1 is 1.00 bits per heavy atom. The van der Waals surface area contributed by atoms with Crippen molar-refractivity contribution in [2.45, 2.75) is 33.6 Å². The number of amides is 2. The highest BCUT2D eigenvalue weighted by Crippen LogP contribution is 2.35. The maximum absolute atomic E-state index is 13.3. The van der Waals surface area contributed by atoms with E-state index in [1.54, 1.807) is 7.11 Å². The summed E-state index contributed by atoms with van der Waals surface area (Å²) in [5.41, 5.74) is 1.79. The Kier molecular flexibility index (Phi) is 6.96. The van der Waals surface area contributed by atoms with E-state index in [4.69, 9.17) is 9.47 Å². The number of ether oxygens (including phenoxy) is 2. The second-order valence-corrected chi connectivity index (χ2v) is 8.20. The van der Waals surface area contributed by atoms with E-state index < -0.39 is 0 Å². The molecule has 2 unspecified atom stereocenters. The molecule has 0 saturated carbocycles. The van der Waals surface area contributed by atoms with Crippen molar-refractivity contribution >= 4 is 17.4 Å². The number of rotatable bonds is 8. The molecule has 2 aliphatic rings. The molecule has 6 nitrogen and oxygen atoms in total. The molecular weight excluding hydrogens is 368 g/mol. The summed E-state index contributed by atoms with van der Waals surface area (Å²) in [5.74, 6) is 1.28. The van der Waals surface area contributed by atoms with Crippen molar-refractivity contribution in [1.29, 1.82) is 0 Å². The average Bonchev–Trinajstić information content (AvgIpc) is 2.94. The number of carbonyl (C=O) groups excluding carboxylic acids is 2. The van der Waals surface area contributed by atoms with Crippen molar-refractivity contribution < 1.29 is 19.1 Å². The fourth-order valence-electron chi connectivity index (χ4n) is 4.29. The van der Waals surface area contributed by atoms with Gasteiger partial charge in [-0.05, 0) is 42.4 Å². The van der Waals surface area contributed by atoms with Gasteiger partial charge in [0.1, 0.15) is 11.4 Å². The van der Waals surface area contributed by atoms with Gasteiger partial charge in [0.2, 0.25) is 0 Å². The van der Waals surface area contributed by atoms with Crippen molar-refractivity contribution in [3.63, 3.8) is 0 Å². The minimum absolute atomic E-state index is 0.213. The van der Waals surface area contributed by atoms with Gasteiger partial charge in [-0.3, -0.25) is 14.5 Å². The van der Waals surface area contributed by atoms with Crippen LogP contribution in [0, 0.1) is 11.8 Å². The molecule has 2 atom stereocenters. The number of carbonyl (C=O) groups is 2. The summed E-state index contributed by atoms with van der Waals surface area (Å²) < 4.78 is 10.8. The van der Waals surface area contributed by atoms with E-state index >= 15 is 0 Å². The van der Waals surface area contributed by atoms with E-state index in [9.17, 15) is 9.59 Å². The molecule has 0 radical (unpaired) electrons. The lowest BCUT2D eigenvalue weighted by molar-refractivity contribution is -0.138. The van der Waals surface area contributed by atoms with Gasteiger partial charge in [-0.15, -0.1) is 0 Å². The summed E-state index contributed by atoms with van der Waals surface area (Å²) in [5, 5.41) is 0. The summed E-state index contributed by atoms with van der Waals surface area (Å²) in [6.45, 7) is 9.28. The quantitative estimate of drug-likeness (QED) is 0.628. The number of nitrogens with zero attached hydrogens (tertiary/aromatic N) is 2. The predicted octanol–water partition coefficient (Wildman–Crippen LogP) is 3.18. The number of hydrogen-bond acceptors (Lipinski definition) is 5. The molecule has 0 spiro atoms. The first-order valence-corrected chi connectivity index (χ1v) is 10.5. The third kappa shape index (κ3) is 4.64. The van der Waals surface area contributed by atoms with E-state index in [2.05, 4.69) is 25.7 Å². The van der Waals surface area contributed by atoms with Crippen LogP contribution in [0.1, 0.15) is 39.2 Å². The Morgan fingerprint density at radius 3 is 2.24 bits per heavy atom. The minimum Gasteiger partial charge on any atom is -0.494 e. The first-order valence-electron chi connectivity index (χ1n) is 10.5. The van der Waals surface area contributed by atoms with Crippen LogP contribution in [0.3, 0.4) is 0 Å².